The number of anilines is 1. The summed E-state index contributed by atoms with van der Waals surface area (Å²) in [6, 6.07) is 7.31. The second-order valence-corrected chi connectivity index (χ2v) is 3.63. The van der Waals surface area contributed by atoms with Gasteiger partial charge < -0.3 is 11.1 Å². The van der Waals surface area contributed by atoms with Crippen molar-refractivity contribution in [3.05, 3.63) is 29.8 Å². The molecule has 0 heterocycles. The van der Waals surface area contributed by atoms with E-state index in [4.69, 9.17) is 5.73 Å². The number of halogens is 3. The molecule has 0 aromatic heterocycles. The monoisotopic (exact) mass is 245 g/mol. The lowest BCUT2D eigenvalue weighted by molar-refractivity contribution is -0.132. The van der Waals surface area contributed by atoms with Crippen molar-refractivity contribution in [1.29, 1.82) is 0 Å². The van der Waals surface area contributed by atoms with E-state index in [-0.39, 0.29) is 12.5 Å². The quantitative estimate of drug-likeness (QED) is 0.635. The number of hydrogen-bond donors (Lipinski definition) is 2. The Kier molecular flexibility index (Phi) is 4.37. The van der Waals surface area contributed by atoms with Gasteiger partial charge in [0, 0.05) is 5.69 Å². The van der Waals surface area contributed by atoms with Crippen LogP contribution in [0.5, 0.6) is 0 Å². The maximum Gasteiger partial charge on any atom is 0.390 e. The standard InChI is InChI=1S/C11H14F3N3/c1-8-3-2-4-9(7-8)17-10(15)16-6-5-11(12,13)14/h2-4,7H,5-6H2,1H3,(H3,15,16,17). The number of nitrogens with two attached hydrogens (primary N) is 1. The Morgan fingerprint density at radius 2 is 2.12 bits per heavy atom. The van der Waals surface area contributed by atoms with Crippen LogP contribution in [0.2, 0.25) is 0 Å². The number of aliphatic imine (C=N–C) groups is 1. The molecule has 0 aliphatic carbocycles. The van der Waals surface area contributed by atoms with Gasteiger partial charge in [0.05, 0.1) is 13.0 Å². The smallest absolute Gasteiger partial charge is 0.370 e. The van der Waals surface area contributed by atoms with E-state index in [1.807, 2.05) is 25.1 Å². The number of guanidine groups is 1. The van der Waals surface area contributed by atoms with Gasteiger partial charge in [-0.3, -0.25) is 4.99 Å². The predicted molar refractivity (Wildman–Crippen MR) is 62.0 cm³/mol. The molecule has 0 amide bonds. The van der Waals surface area contributed by atoms with Gasteiger partial charge in [0.15, 0.2) is 5.96 Å². The molecule has 3 N–H and O–H groups in total. The fourth-order valence-electron chi connectivity index (χ4n) is 1.21. The lowest BCUT2D eigenvalue weighted by atomic mass is 10.2. The second-order valence-electron chi connectivity index (χ2n) is 3.63. The summed E-state index contributed by atoms with van der Waals surface area (Å²) >= 11 is 0. The van der Waals surface area contributed by atoms with Gasteiger partial charge in [-0.15, -0.1) is 0 Å². The Hall–Kier alpha value is -1.72. The third kappa shape index (κ3) is 5.79. The number of aryl methyl sites for hydroxylation is 1. The Bertz CT molecular complexity index is 399. The average Bonchev–Trinajstić information content (AvgIpc) is 2.15. The van der Waals surface area contributed by atoms with Crippen molar-refractivity contribution in [2.45, 2.75) is 19.5 Å². The fraction of sp³-hybridized carbons (Fsp3) is 0.364. The highest BCUT2D eigenvalue weighted by Crippen LogP contribution is 2.18. The molecule has 0 aliphatic rings. The predicted octanol–water partition coefficient (Wildman–Crippen LogP) is 2.67. The van der Waals surface area contributed by atoms with E-state index in [0.717, 1.165) is 5.56 Å². The van der Waals surface area contributed by atoms with Crippen molar-refractivity contribution >= 4 is 11.6 Å². The number of alkyl halides is 3. The number of benzene rings is 1. The number of hydrogen-bond acceptors (Lipinski definition) is 1. The van der Waals surface area contributed by atoms with E-state index < -0.39 is 12.6 Å². The zero-order valence-corrected chi connectivity index (χ0v) is 9.38. The maximum atomic E-state index is 11.9. The normalized spacial score (nSPS) is 12.6. The molecule has 0 saturated heterocycles. The minimum absolute atomic E-state index is 0.0140. The van der Waals surface area contributed by atoms with Crippen molar-refractivity contribution in [1.82, 2.24) is 0 Å². The SMILES string of the molecule is Cc1cccc(NC(N)=NCCC(F)(F)F)c1. The first-order valence-corrected chi connectivity index (χ1v) is 5.07. The van der Waals surface area contributed by atoms with Crippen molar-refractivity contribution in [3.8, 4) is 0 Å². The van der Waals surface area contributed by atoms with Gasteiger partial charge in [0.25, 0.3) is 0 Å². The highest BCUT2D eigenvalue weighted by molar-refractivity contribution is 5.92. The van der Waals surface area contributed by atoms with Crippen LogP contribution in [0.1, 0.15) is 12.0 Å². The van der Waals surface area contributed by atoms with Crippen LogP contribution in [-0.4, -0.2) is 18.7 Å². The summed E-state index contributed by atoms with van der Waals surface area (Å²) in [6.07, 6.45) is -5.17. The van der Waals surface area contributed by atoms with E-state index in [0.29, 0.717) is 5.69 Å². The molecule has 94 valence electrons. The molecule has 0 saturated carbocycles. The number of nitrogens with zero attached hydrogens (tertiary/aromatic N) is 1. The van der Waals surface area contributed by atoms with Crippen LogP contribution >= 0.6 is 0 Å². The number of nitrogens with one attached hydrogen (secondary N) is 1. The molecular weight excluding hydrogens is 231 g/mol. The Balaban J connectivity index is 2.49. The zero-order chi connectivity index (χ0) is 12.9. The van der Waals surface area contributed by atoms with Crippen LogP contribution in [0.25, 0.3) is 0 Å². The van der Waals surface area contributed by atoms with Gasteiger partial charge in [0.2, 0.25) is 0 Å². The van der Waals surface area contributed by atoms with Crippen LogP contribution < -0.4 is 11.1 Å². The summed E-state index contributed by atoms with van der Waals surface area (Å²) in [4.78, 5) is 3.60. The van der Waals surface area contributed by atoms with Gasteiger partial charge in [-0.2, -0.15) is 13.2 Å². The third-order valence-corrected chi connectivity index (χ3v) is 1.97. The fourth-order valence-corrected chi connectivity index (χ4v) is 1.21. The molecule has 6 heteroatoms. The molecule has 0 aliphatic heterocycles. The molecule has 0 radical (unpaired) electrons. The number of rotatable bonds is 3. The molecular formula is C11H14F3N3. The molecule has 0 bridgehead atoms. The van der Waals surface area contributed by atoms with E-state index in [2.05, 4.69) is 10.3 Å². The summed E-state index contributed by atoms with van der Waals surface area (Å²) in [6.45, 7) is 1.54. The summed E-state index contributed by atoms with van der Waals surface area (Å²) in [5, 5.41) is 2.73. The summed E-state index contributed by atoms with van der Waals surface area (Å²) in [7, 11) is 0. The Morgan fingerprint density at radius 3 is 2.71 bits per heavy atom. The topological polar surface area (TPSA) is 50.4 Å². The van der Waals surface area contributed by atoms with Gasteiger partial charge in [-0.25, -0.2) is 0 Å². The molecule has 0 fully saturated rings. The Labute approximate surface area is 97.5 Å². The molecule has 3 nitrogen and oxygen atoms in total. The maximum absolute atomic E-state index is 11.9. The van der Waals surface area contributed by atoms with Crippen LogP contribution in [0, 0.1) is 6.92 Å². The van der Waals surface area contributed by atoms with Crippen molar-refractivity contribution in [2.75, 3.05) is 11.9 Å². The van der Waals surface area contributed by atoms with Crippen LogP contribution in [0.4, 0.5) is 18.9 Å². The summed E-state index contributed by atoms with van der Waals surface area (Å²) in [5.74, 6) is -0.0140. The lowest BCUT2D eigenvalue weighted by Crippen LogP contribution is -2.23. The Morgan fingerprint density at radius 1 is 1.41 bits per heavy atom. The van der Waals surface area contributed by atoms with Crippen LogP contribution in [0.3, 0.4) is 0 Å². The largest absolute Gasteiger partial charge is 0.390 e. The second kappa shape index (κ2) is 5.56. The van der Waals surface area contributed by atoms with Gasteiger partial charge in [-0.1, -0.05) is 12.1 Å². The zero-order valence-electron chi connectivity index (χ0n) is 9.38. The summed E-state index contributed by atoms with van der Waals surface area (Å²) < 4.78 is 35.6. The van der Waals surface area contributed by atoms with E-state index >= 15 is 0 Å². The first-order valence-electron chi connectivity index (χ1n) is 5.07. The van der Waals surface area contributed by atoms with Crippen LogP contribution in [0.15, 0.2) is 29.3 Å². The van der Waals surface area contributed by atoms with Crippen molar-refractivity contribution < 1.29 is 13.2 Å². The minimum Gasteiger partial charge on any atom is -0.370 e. The van der Waals surface area contributed by atoms with Crippen molar-refractivity contribution in [2.24, 2.45) is 10.7 Å². The lowest BCUT2D eigenvalue weighted by Gasteiger charge is -2.07. The van der Waals surface area contributed by atoms with Crippen molar-refractivity contribution in [3.63, 3.8) is 0 Å². The van der Waals surface area contributed by atoms with Gasteiger partial charge >= 0.3 is 6.18 Å². The molecule has 1 rings (SSSR count). The first-order chi connectivity index (χ1) is 7.87. The van der Waals surface area contributed by atoms with Crippen LogP contribution in [-0.2, 0) is 0 Å². The molecule has 1 aromatic rings. The third-order valence-electron chi connectivity index (χ3n) is 1.97. The van der Waals surface area contributed by atoms with E-state index in [1.165, 1.54) is 0 Å². The first kappa shape index (κ1) is 13.3. The molecule has 0 unspecified atom stereocenters. The molecule has 0 spiro atoms. The van der Waals surface area contributed by atoms with Gasteiger partial charge in [0.1, 0.15) is 0 Å². The molecule has 1 aromatic carbocycles. The summed E-state index contributed by atoms with van der Waals surface area (Å²) in [5.41, 5.74) is 7.19. The minimum atomic E-state index is -4.20. The molecule has 0 atom stereocenters. The van der Waals surface area contributed by atoms with E-state index in [9.17, 15) is 13.2 Å². The van der Waals surface area contributed by atoms with E-state index in [1.54, 1.807) is 6.07 Å². The molecule has 17 heavy (non-hydrogen) atoms. The van der Waals surface area contributed by atoms with Gasteiger partial charge in [-0.05, 0) is 24.6 Å². The highest BCUT2D eigenvalue weighted by Gasteiger charge is 2.26. The highest BCUT2D eigenvalue weighted by atomic mass is 19.4. The average molecular weight is 245 g/mol.